The number of hydrogen-bond donors (Lipinski definition) is 11. The molecule has 2 aliphatic rings. The number of carbonyl (C=O) groups excluding carboxylic acids is 2. The van der Waals surface area contributed by atoms with E-state index in [4.69, 9.17) is 18.9 Å². The van der Waals surface area contributed by atoms with Gasteiger partial charge >= 0.3 is 0 Å². The van der Waals surface area contributed by atoms with Crippen molar-refractivity contribution in [2.24, 2.45) is 0 Å². The molecule has 0 spiro atoms. The smallest absolute Gasteiger partial charge is 0.249 e. The van der Waals surface area contributed by atoms with Crippen molar-refractivity contribution < 1.29 is 74.5 Å². The molecule has 0 aromatic carbocycles. The van der Waals surface area contributed by atoms with Crippen LogP contribution in [0.15, 0.2) is 0 Å². The normalized spacial score (nSPS) is 25.9. The molecule has 0 unspecified atom stereocenters. The highest BCUT2D eigenvalue weighted by Crippen LogP contribution is 2.30. The number of ether oxygens (including phenoxy) is 4. The number of nitrogens with one attached hydrogen (secondary N) is 2. The highest BCUT2D eigenvalue weighted by atomic mass is 16.7. The third-order valence-electron chi connectivity index (χ3n) is 15.2. The Hall–Kier alpha value is -1.58. The predicted molar refractivity (Wildman–Crippen MR) is 287 cm³/mol. The van der Waals surface area contributed by atoms with E-state index < -0.39 is 117 Å². The summed E-state index contributed by atoms with van der Waals surface area (Å²) in [7, 11) is 0. The number of aliphatic hydroxyl groups excluding tert-OH is 9. The van der Waals surface area contributed by atoms with Crippen LogP contribution >= 0.6 is 0 Å². The van der Waals surface area contributed by atoms with E-state index in [0.717, 1.165) is 58.3 Å². The summed E-state index contributed by atoms with van der Waals surface area (Å²) in [5, 5.41) is 103. The van der Waals surface area contributed by atoms with Crippen LogP contribution < -0.4 is 10.6 Å². The quantitative estimate of drug-likeness (QED) is 0.0273. The summed E-state index contributed by atoms with van der Waals surface area (Å²) >= 11 is 0. The molecule has 0 aromatic heterocycles. The lowest BCUT2D eigenvalue weighted by atomic mass is 9.95. The van der Waals surface area contributed by atoms with Crippen LogP contribution in [0.4, 0.5) is 0 Å². The second kappa shape index (κ2) is 43.3. The van der Waals surface area contributed by atoms with Crippen molar-refractivity contribution in [3.63, 3.8) is 0 Å². The first-order chi connectivity index (χ1) is 35.8. The fraction of sp³-hybridized carbons (Fsp3) is 0.965. The number of amides is 2. The van der Waals surface area contributed by atoms with E-state index in [2.05, 4.69) is 24.5 Å². The lowest BCUT2D eigenvalue weighted by molar-refractivity contribution is -0.348. The van der Waals surface area contributed by atoms with Crippen LogP contribution in [0.25, 0.3) is 0 Å². The molecule has 11 N–H and O–H groups in total. The molecule has 0 saturated carbocycles. The van der Waals surface area contributed by atoms with Gasteiger partial charge in [0, 0.05) is 6.92 Å². The topological polar surface area (TPSA) is 277 Å². The molecule has 0 aliphatic carbocycles. The van der Waals surface area contributed by atoms with Crippen LogP contribution in [0.5, 0.6) is 0 Å². The van der Waals surface area contributed by atoms with Crippen molar-refractivity contribution in [1.82, 2.24) is 10.6 Å². The molecule has 2 heterocycles. The minimum atomic E-state index is -1.85. The Kier molecular flexibility index (Phi) is 40.1. The van der Waals surface area contributed by atoms with Crippen LogP contribution in [-0.4, -0.2) is 163 Å². The number of hydrogen-bond acceptors (Lipinski definition) is 15. The minimum Gasteiger partial charge on any atom is -0.394 e. The molecule has 0 radical (unpaired) electrons. The highest BCUT2D eigenvalue weighted by Gasteiger charge is 2.51. The van der Waals surface area contributed by atoms with Crippen molar-refractivity contribution in [1.29, 1.82) is 0 Å². The Bertz CT molecular complexity index is 1350. The van der Waals surface area contributed by atoms with Gasteiger partial charge in [-0.3, -0.25) is 9.59 Å². The molecule has 2 aliphatic heterocycles. The Balaban J connectivity index is 1.93. The van der Waals surface area contributed by atoms with Crippen LogP contribution in [-0.2, 0) is 28.5 Å². The summed E-state index contributed by atoms with van der Waals surface area (Å²) in [6.45, 7) is 3.57. The maximum absolute atomic E-state index is 13.5. The van der Waals surface area contributed by atoms with Crippen LogP contribution in [0.3, 0.4) is 0 Å². The van der Waals surface area contributed by atoms with E-state index >= 15 is 0 Å². The SMILES string of the molecule is CCCCCCCCCCCCCCCCCCCCC[C@@H](O)C(=O)N[C@@H](CO[C@H]1O[C@H](CO)[C@H](O)[C@H](O[C@H]2O[C@H](CO)[C@H](O)[C@H](O)[C@H]2NC(C)=O)[C@H]1O)[C@H](O)[C@H](O)CCCCCCCCCCCCCCCC. The molecule has 0 aromatic rings. The molecule has 2 fully saturated rings. The van der Waals surface area contributed by atoms with E-state index in [0.29, 0.717) is 12.8 Å². The van der Waals surface area contributed by atoms with Crippen LogP contribution in [0, 0.1) is 0 Å². The third-order valence-corrected chi connectivity index (χ3v) is 15.2. The highest BCUT2D eigenvalue weighted by molar-refractivity contribution is 5.80. The van der Waals surface area contributed by atoms with Gasteiger partial charge in [-0.15, -0.1) is 0 Å². The summed E-state index contributed by atoms with van der Waals surface area (Å²) in [5.74, 6) is -1.39. The summed E-state index contributed by atoms with van der Waals surface area (Å²) in [5.41, 5.74) is 0. The van der Waals surface area contributed by atoms with Gasteiger partial charge in [0.25, 0.3) is 0 Å². The fourth-order valence-electron chi connectivity index (χ4n) is 10.3. The maximum atomic E-state index is 13.5. The Morgan fingerprint density at radius 3 is 1.28 bits per heavy atom. The average Bonchev–Trinajstić information content (AvgIpc) is 3.38. The van der Waals surface area contributed by atoms with Crippen LogP contribution in [0.1, 0.15) is 245 Å². The summed E-state index contributed by atoms with van der Waals surface area (Å²) < 4.78 is 23.2. The summed E-state index contributed by atoms with van der Waals surface area (Å²) in [6.07, 6.45) is 21.2. The largest absolute Gasteiger partial charge is 0.394 e. The average molecular weight is 1060 g/mol. The van der Waals surface area contributed by atoms with Gasteiger partial charge in [0.2, 0.25) is 11.8 Å². The van der Waals surface area contributed by atoms with E-state index in [1.165, 1.54) is 148 Å². The first-order valence-corrected chi connectivity index (χ1v) is 29.9. The fourth-order valence-corrected chi connectivity index (χ4v) is 10.3. The molecule has 2 saturated heterocycles. The minimum absolute atomic E-state index is 0.196. The molecule has 0 bridgehead atoms. The van der Waals surface area contributed by atoms with Gasteiger partial charge in [0.1, 0.15) is 61.0 Å². The van der Waals surface area contributed by atoms with E-state index in [1.54, 1.807) is 0 Å². The van der Waals surface area contributed by atoms with E-state index in [-0.39, 0.29) is 12.8 Å². The zero-order valence-electron chi connectivity index (χ0n) is 46.4. The number of aliphatic hydroxyl groups is 9. The molecule has 17 heteroatoms. The number of carbonyl (C=O) groups is 2. The van der Waals surface area contributed by atoms with Crippen molar-refractivity contribution in [3.8, 4) is 0 Å². The lowest BCUT2D eigenvalue weighted by Crippen LogP contribution is -2.68. The Morgan fingerprint density at radius 2 is 0.878 bits per heavy atom. The van der Waals surface area contributed by atoms with E-state index in [1.807, 2.05) is 0 Å². The molecule has 438 valence electrons. The van der Waals surface area contributed by atoms with E-state index in [9.17, 15) is 55.5 Å². The first-order valence-electron chi connectivity index (χ1n) is 29.9. The predicted octanol–water partition coefficient (Wildman–Crippen LogP) is 7.03. The third kappa shape index (κ3) is 28.9. The second-order valence-corrected chi connectivity index (χ2v) is 21.8. The second-order valence-electron chi connectivity index (χ2n) is 21.8. The zero-order chi connectivity index (χ0) is 54.4. The molecule has 2 rings (SSSR count). The van der Waals surface area contributed by atoms with Crippen molar-refractivity contribution in [2.75, 3.05) is 19.8 Å². The van der Waals surface area contributed by atoms with Crippen LogP contribution in [0.2, 0.25) is 0 Å². The standard InChI is InChI=1S/C57H110N2O15/c1-4-6-8-10-12-14-16-18-20-21-22-23-24-26-28-30-32-34-36-38-45(64)55(70)59-43(49(65)44(63)37-35-33-31-29-27-25-19-17-15-13-11-9-7-5-2)41-71-57-53(69)54(51(67)47(40-61)73-57)74-56-48(58-42(3)62)52(68)50(66)46(39-60)72-56/h43-54,56-57,60-61,63-69H,4-41H2,1-3H3,(H,58,62)(H,59,70)/t43-,44+,45+,46+,47+,48+,49-,50-,51-,52+,53+,54-,56+,57-/m0/s1. The number of unbranched alkanes of at least 4 members (excludes halogenated alkanes) is 31. The van der Waals surface area contributed by atoms with Crippen molar-refractivity contribution >= 4 is 11.8 Å². The Labute approximate surface area is 446 Å². The zero-order valence-corrected chi connectivity index (χ0v) is 46.4. The molecular formula is C57H110N2O15. The monoisotopic (exact) mass is 1060 g/mol. The number of rotatable bonds is 47. The van der Waals surface area contributed by atoms with Gasteiger partial charge in [-0.25, -0.2) is 0 Å². The van der Waals surface area contributed by atoms with Gasteiger partial charge in [0.05, 0.1) is 32.0 Å². The van der Waals surface area contributed by atoms with Gasteiger partial charge in [-0.1, -0.05) is 226 Å². The van der Waals surface area contributed by atoms with Crippen molar-refractivity contribution in [2.45, 2.75) is 331 Å². The lowest BCUT2D eigenvalue weighted by Gasteiger charge is -2.47. The van der Waals surface area contributed by atoms with Crippen molar-refractivity contribution in [3.05, 3.63) is 0 Å². The molecular weight excluding hydrogens is 953 g/mol. The maximum Gasteiger partial charge on any atom is 0.249 e. The first kappa shape index (κ1) is 68.5. The van der Waals surface area contributed by atoms with Gasteiger partial charge in [-0.2, -0.15) is 0 Å². The van der Waals surface area contributed by atoms with Gasteiger partial charge in [0.15, 0.2) is 12.6 Å². The molecule has 17 nitrogen and oxygen atoms in total. The molecule has 2 amide bonds. The summed E-state index contributed by atoms with van der Waals surface area (Å²) in [6, 6.07) is -2.72. The molecule has 74 heavy (non-hydrogen) atoms. The summed E-state index contributed by atoms with van der Waals surface area (Å²) in [4.78, 5) is 25.5. The van der Waals surface area contributed by atoms with Gasteiger partial charge < -0.3 is 75.5 Å². The Morgan fingerprint density at radius 1 is 0.500 bits per heavy atom. The molecule has 14 atom stereocenters. The van der Waals surface area contributed by atoms with Gasteiger partial charge in [-0.05, 0) is 12.8 Å².